The van der Waals surface area contributed by atoms with Crippen molar-refractivity contribution >= 4 is 34.7 Å². The van der Waals surface area contributed by atoms with Crippen LogP contribution >= 0.6 is 12.2 Å². The maximum atomic E-state index is 13.5. The van der Waals surface area contributed by atoms with Crippen molar-refractivity contribution in [3.05, 3.63) is 59.7 Å². The van der Waals surface area contributed by atoms with Crippen LogP contribution in [-0.2, 0) is 4.74 Å². The summed E-state index contributed by atoms with van der Waals surface area (Å²) in [6.45, 7) is 0. The van der Waals surface area contributed by atoms with Crippen LogP contribution in [0.3, 0.4) is 0 Å². The topological polar surface area (TPSA) is 50.4 Å². The number of thiocarbonyl (C=S) groups is 1. The first-order valence-corrected chi connectivity index (χ1v) is 6.62. The van der Waals surface area contributed by atoms with Crippen molar-refractivity contribution in [3.8, 4) is 0 Å². The molecule has 0 radical (unpaired) electrons. The van der Waals surface area contributed by atoms with Crippen LogP contribution in [0.5, 0.6) is 0 Å². The molecule has 22 heavy (non-hydrogen) atoms. The van der Waals surface area contributed by atoms with Crippen LogP contribution in [0, 0.1) is 11.6 Å². The van der Waals surface area contributed by atoms with Crippen LogP contribution < -0.4 is 10.6 Å². The molecule has 0 atom stereocenters. The van der Waals surface area contributed by atoms with E-state index in [2.05, 4.69) is 15.4 Å². The Kier molecular flexibility index (Phi) is 5.00. The summed E-state index contributed by atoms with van der Waals surface area (Å²) in [5.41, 5.74) is 0.720. The molecule has 0 unspecified atom stereocenters. The SMILES string of the molecule is COC(=O)c1ccccc1NC(=S)Nc1ccc(F)cc1F. The normalized spacial score (nSPS) is 9.95. The van der Waals surface area contributed by atoms with Gasteiger partial charge in [0.2, 0.25) is 0 Å². The third-order valence-corrected chi connectivity index (χ3v) is 2.96. The highest BCUT2D eigenvalue weighted by atomic mass is 32.1. The number of anilines is 2. The van der Waals surface area contributed by atoms with Gasteiger partial charge in [-0.15, -0.1) is 0 Å². The summed E-state index contributed by atoms with van der Waals surface area (Å²) in [6, 6.07) is 9.65. The van der Waals surface area contributed by atoms with Gasteiger partial charge >= 0.3 is 5.97 Å². The van der Waals surface area contributed by atoms with Gasteiger partial charge in [0.1, 0.15) is 11.6 Å². The molecule has 0 aliphatic carbocycles. The van der Waals surface area contributed by atoms with E-state index in [4.69, 9.17) is 12.2 Å². The van der Waals surface area contributed by atoms with E-state index in [1.807, 2.05) is 0 Å². The van der Waals surface area contributed by atoms with Gasteiger partial charge < -0.3 is 15.4 Å². The Balaban J connectivity index is 2.14. The van der Waals surface area contributed by atoms with Crippen LogP contribution in [0.25, 0.3) is 0 Å². The fraction of sp³-hybridized carbons (Fsp3) is 0.0667. The Bertz CT molecular complexity index is 722. The monoisotopic (exact) mass is 322 g/mol. The summed E-state index contributed by atoms with van der Waals surface area (Å²) in [5, 5.41) is 5.43. The highest BCUT2D eigenvalue weighted by molar-refractivity contribution is 7.80. The maximum Gasteiger partial charge on any atom is 0.339 e. The minimum absolute atomic E-state index is 0.0226. The molecule has 2 aromatic carbocycles. The molecule has 7 heteroatoms. The van der Waals surface area contributed by atoms with Crippen molar-refractivity contribution in [1.29, 1.82) is 0 Å². The predicted molar refractivity (Wildman–Crippen MR) is 84.0 cm³/mol. The quantitative estimate of drug-likeness (QED) is 0.668. The van der Waals surface area contributed by atoms with Gasteiger partial charge in [-0.25, -0.2) is 13.6 Å². The molecule has 0 aliphatic rings. The second-order valence-electron chi connectivity index (χ2n) is 4.24. The molecular weight excluding hydrogens is 310 g/mol. The van der Waals surface area contributed by atoms with Crippen LogP contribution in [-0.4, -0.2) is 18.2 Å². The van der Waals surface area contributed by atoms with Gasteiger partial charge in [-0.05, 0) is 36.5 Å². The van der Waals surface area contributed by atoms with Crippen molar-refractivity contribution in [2.75, 3.05) is 17.7 Å². The van der Waals surface area contributed by atoms with Crippen molar-refractivity contribution in [2.24, 2.45) is 0 Å². The zero-order valence-electron chi connectivity index (χ0n) is 11.5. The van der Waals surface area contributed by atoms with Gasteiger partial charge in [-0.3, -0.25) is 0 Å². The van der Waals surface area contributed by atoms with Gasteiger partial charge in [0, 0.05) is 6.07 Å². The molecule has 0 amide bonds. The van der Waals surface area contributed by atoms with Crippen molar-refractivity contribution < 1.29 is 18.3 Å². The molecule has 0 bridgehead atoms. The van der Waals surface area contributed by atoms with Crippen LogP contribution in [0.15, 0.2) is 42.5 Å². The van der Waals surface area contributed by atoms with E-state index in [0.717, 1.165) is 12.1 Å². The third kappa shape index (κ3) is 3.76. The van der Waals surface area contributed by atoms with E-state index in [-0.39, 0.29) is 16.4 Å². The number of halogens is 2. The van der Waals surface area contributed by atoms with Crippen molar-refractivity contribution in [3.63, 3.8) is 0 Å². The summed E-state index contributed by atoms with van der Waals surface area (Å²) in [5.74, 6) is -1.98. The average Bonchev–Trinajstić information content (AvgIpc) is 2.50. The summed E-state index contributed by atoms with van der Waals surface area (Å²) in [6.07, 6.45) is 0. The number of rotatable bonds is 3. The van der Waals surface area contributed by atoms with Crippen LogP contribution in [0.2, 0.25) is 0 Å². The van der Waals surface area contributed by atoms with E-state index in [1.165, 1.54) is 13.2 Å². The number of hydrogen-bond acceptors (Lipinski definition) is 3. The highest BCUT2D eigenvalue weighted by Gasteiger charge is 2.12. The molecule has 2 rings (SSSR count). The number of para-hydroxylation sites is 1. The predicted octanol–water partition coefficient (Wildman–Crippen LogP) is 3.56. The van der Waals surface area contributed by atoms with Crippen LogP contribution in [0.1, 0.15) is 10.4 Å². The van der Waals surface area contributed by atoms with Gasteiger partial charge in [-0.2, -0.15) is 0 Å². The van der Waals surface area contributed by atoms with Crippen molar-refractivity contribution in [1.82, 2.24) is 0 Å². The zero-order chi connectivity index (χ0) is 16.1. The number of methoxy groups -OCH3 is 1. The van der Waals surface area contributed by atoms with Gasteiger partial charge in [0.25, 0.3) is 0 Å². The molecule has 2 aromatic rings. The third-order valence-electron chi connectivity index (χ3n) is 2.76. The lowest BCUT2D eigenvalue weighted by atomic mass is 10.2. The lowest BCUT2D eigenvalue weighted by Gasteiger charge is -2.13. The van der Waals surface area contributed by atoms with E-state index < -0.39 is 17.6 Å². The first-order valence-electron chi connectivity index (χ1n) is 6.21. The minimum atomic E-state index is -0.773. The van der Waals surface area contributed by atoms with E-state index in [1.54, 1.807) is 24.3 Å². The van der Waals surface area contributed by atoms with E-state index in [0.29, 0.717) is 5.69 Å². The summed E-state index contributed by atoms with van der Waals surface area (Å²) < 4.78 is 31.1. The maximum absolute atomic E-state index is 13.5. The first-order chi connectivity index (χ1) is 10.5. The van der Waals surface area contributed by atoms with Gasteiger partial charge in [0.15, 0.2) is 5.11 Å². The second kappa shape index (κ2) is 6.95. The Hall–Kier alpha value is -2.54. The molecule has 4 nitrogen and oxygen atoms in total. The number of carbonyl (C=O) groups is 1. The number of esters is 1. The summed E-state index contributed by atoms with van der Waals surface area (Å²) in [7, 11) is 1.27. The van der Waals surface area contributed by atoms with Crippen LogP contribution in [0.4, 0.5) is 20.2 Å². The molecule has 114 valence electrons. The number of nitrogens with one attached hydrogen (secondary N) is 2. The summed E-state index contributed by atoms with van der Waals surface area (Å²) >= 11 is 5.06. The highest BCUT2D eigenvalue weighted by Crippen LogP contribution is 2.18. The Morgan fingerprint density at radius 2 is 1.77 bits per heavy atom. The number of carbonyl (C=O) groups excluding carboxylic acids is 1. The first kappa shape index (κ1) is 15.8. The fourth-order valence-electron chi connectivity index (χ4n) is 1.75. The molecule has 0 spiro atoms. The Labute approximate surface area is 131 Å². The number of hydrogen-bond donors (Lipinski definition) is 2. The van der Waals surface area contributed by atoms with Gasteiger partial charge in [-0.1, -0.05) is 12.1 Å². The van der Waals surface area contributed by atoms with Gasteiger partial charge in [0.05, 0.1) is 24.0 Å². The Morgan fingerprint density at radius 3 is 2.45 bits per heavy atom. The van der Waals surface area contributed by atoms with Crippen molar-refractivity contribution in [2.45, 2.75) is 0 Å². The van der Waals surface area contributed by atoms with E-state index in [9.17, 15) is 13.6 Å². The number of ether oxygens (including phenoxy) is 1. The molecule has 0 aromatic heterocycles. The average molecular weight is 322 g/mol. The molecule has 0 saturated heterocycles. The molecule has 0 saturated carbocycles. The lowest BCUT2D eigenvalue weighted by Crippen LogP contribution is -2.21. The largest absolute Gasteiger partial charge is 0.465 e. The Morgan fingerprint density at radius 1 is 1.09 bits per heavy atom. The zero-order valence-corrected chi connectivity index (χ0v) is 12.3. The second-order valence-corrected chi connectivity index (χ2v) is 4.65. The standard InChI is InChI=1S/C15H12F2N2O2S/c1-21-14(20)10-4-2-3-5-12(10)18-15(22)19-13-7-6-9(16)8-11(13)17/h2-8H,1H3,(H2,18,19,22). The molecule has 0 aliphatic heterocycles. The molecule has 0 heterocycles. The molecule has 2 N–H and O–H groups in total. The summed E-state index contributed by atoms with van der Waals surface area (Å²) in [4.78, 5) is 11.6. The lowest BCUT2D eigenvalue weighted by molar-refractivity contribution is 0.0602. The minimum Gasteiger partial charge on any atom is -0.465 e. The molecule has 0 fully saturated rings. The van der Waals surface area contributed by atoms with E-state index >= 15 is 0 Å². The number of benzene rings is 2. The smallest absolute Gasteiger partial charge is 0.339 e. The fourth-order valence-corrected chi connectivity index (χ4v) is 1.97. The molecular formula is C15H12F2N2O2S.